The zero-order valence-corrected chi connectivity index (χ0v) is 21.1. The molecule has 0 aromatic heterocycles. The summed E-state index contributed by atoms with van der Waals surface area (Å²) in [5.74, 6) is -0.415. The zero-order valence-electron chi connectivity index (χ0n) is 21.1. The van der Waals surface area contributed by atoms with Gasteiger partial charge in [0.15, 0.2) is 0 Å². The predicted octanol–water partition coefficient (Wildman–Crippen LogP) is 8.39. The summed E-state index contributed by atoms with van der Waals surface area (Å²) in [4.78, 5) is 13.3. The van der Waals surface area contributed by atoms with Gasteiger partial charge in [0.1, 0.15) is 0 Å². The van der Waals surface area contributed by atoms with Crippen LogP contribution in [-0.4, -0.2) is 17.4 Å². The van der Waals surface area contributed by atoms with Crippen molar-refractivity contribution in [2.75, 3.05) is 6.61 Å². The van der Waals surface area contributed by atoms with Crippen LogP contribution in [0.5, 0.6) is 0 Å². The van der Waals surface area contributed by atoms with E-state index in [1.807, 2.05) is 0 Å². The highest BCUT2D eigenvalue weighted by Crippen LogP contribution is 2.37. The van der Waals surface area contributed by atoms with Crippen LogP contribution in [0.4, 0.5) is 39.5 Å². The lowest BCUT2D eigenvalue weighted by Gasteiger charge is -2.25. The average molecular weight is 570 g/mol. The molecule has 0 bridgehead atoms. The van der Waals surface area contributed by atoms with Crippen molar-refractivity contribution in [3.8, 4) is 0 Å². The molecule has 2 aromatic rings. The summed E-state index contributed by atoms with van der Waals surface area (Å²) in [5, 5.41) is 0. The third kappa shape index (κ3) is 8.87. The van der Waals surface area contributed by atoms with Gasteiger partial charge in [-0.3, -0.25) is 4.79 Å². The Morgan fingerprint density at radius 1 is 0.769 bits per heavy atom. The van der Waals surface area contributed by atoms with Gasteiger partial charge in [0.25, 0.3) is 0 Å². The summed E-state index contributed by atoms with van der Waals surface area (Å²) in [6, 6.07) is 3.85. The number of carbonyl (C=O) groups excluding carboxylic acids is 1. The second-order valence-corrected chi connectivity index (χ2v) is 9.79. The number of nitrogens with zero attached hydrogens (tertiary/aromatic N) is 1. The SMILES string of the molecule is CC(=O)N(Cc1cc(C(F)(F)F)cc(C(F)(F)F)c1)Cc1cc(C(F)(F)F)ccc1COCC1CCCCC1. The summed E-state index contributed by atoms with van der Waals surface area (Å²) in [5.41, 5.74) is -4.19. The molecular formula is C27H28F9NO2. The van der Waals surface area contributed by atoms with Gasteiger partial charge in [-0.15, -0.1) is 0 Å². The number of alkyl halides is 9. The number of ether oxygens (including phenoxy) is 1. The molecule has 1 aliphatic carbocycles. The molecule has 0 N–H and O–H groups in total. The number of rotatable bonds is 8. The first-order chi connectivity index (χ1) is 18.0. The summed E-state index contributed by atoms with van der Waals surface area (Å²) < 4.78 is 126. The summed E-state index contributed by atoms with van der Waals surface area (Å²) >= 11 is 0. The minimum absolute atomic E-state index is 0.0316. The number of hydrogen-bond acceptors (Lipinski definition) is 2. The van der Waals surface area contributed by atoms with Crippen molar-refractivity contribution in [1.82, 2.24) is 4.90 Å². The lowest BCUT2D eigenvalue weighted by Crippen LogP contribution is -2.29. The molecule has 0 spiro atoms. The van der Waals surface area contributed by atoms with E-state index in [0.717, 1.165) is 56.1 Å². The van der Waals surface area contributed by atoms with Crippen molar-refractivity contribution in [3.63, 3.8) is 0 Å². The van der Waals surface area contributed by atoms with Gasteiger partial charge < -0.3 is 9.64 Å². The molecule has 0 heterocycles. The maximum absolute atomic E-state index is 13.4. The Kier molecular flexibility index (Phi) is 9.61. The topological polar surface area (TPSA) is 29.5 Å². The van der Waals surface area contributed by atoms with Crippen LogP contribution in [0.2, 0.25) is 0 Å². The fraction of sp³-hybridized carbons (Fsp3) is 0.519. The van der Waals surface area contributed by atoms with Crippen LogP contribution in [0.15, 0.2) is 36.4 Å². The summed E-state index contributed by atoms with van der Waals surface area (Å²) in [6.07, 6.45) is -9.64. The molecule has 3 nitrogen and oxygen atoms in total. The van der Waals surface area contributed by atoms with Gasteiger partial charge in [0.2, 0.25) is 5.91 Å². The van der Waals surface area contributed by atoms with Gasteiger partial charge in [-0.2, -0.15) is 39.5 Å². The molecule has 1 saturated carbocycles. The Hall–Kier alpha value is -2.76. The molecule has 0 unspecified atom stereocenters. The van der Waals surface area contributed by atoms with E-state index < -0.39 is 59.8 Å². The van der Waals surface area contributed by atoms with Gasteiger partial charge >= 0.3 is 18.5 Å². The van der Waals surface area contributed by atoms with E-state index in [2.05, 4.69) is 0 Å². The number of benzene rings is 2. The number of amides is 1. The molecule has 1 aliphatic rings. The molecular weight excluding hydrogens is 541 g/mol. The molecule has 0 atom stereocenters. The maximum atomic E-state index is 13.4. The monoisotopic (exact) mass is 569 g/mol. The van der Waals surface area contributed by atoms with Crippen LogP contribution >= 0.6 is 0 Å². The van der Waals surface area contributed by atoms with E-state index in [9.17, 15) is 44.3 Å². The normalized spacial score (nSPS) is 15.4. The van der Waals surface area contributed by atoms with Crippen LogP contribution < -0.4 is 0 Å². The number of carbonyl (C=O) groups is 1. The summed E-state index contributed by atoms with van der Waals surface area (Å²) in [6.45, 7) is 0.226. The van der Waals surface area contributed by atoms with Crippen LogP contribution in [0.25, 0.3) is 0 Å². The van der Waals surface area contributed by atoms with Crippen molar-refractivity contribution in [2.45, 2.75) is 77.3 Å². The molecule has 216 valence electrons. The minimum Gasteiger partial charge on any atom is -0.376 e. The largest absolute Gasteiger partial charge is 0.416 e. The molecule has 3 rings (SSSR count). The molecule has 39 heavy (non-hydrogen) atoms. The Morgan fingerprint density at radius 2 is 1.33 bits per heavy atom. The maximum Gasteiger partial charge on any atom is 0.416 e. The molecule has 0 radical (unpaired) electrons. The quantitative estimate of drug-likeness (QED) is 0.299. The Morgan fingerprint density at radius 3 is 1.85 bits per heavy atom. The Balaban J connectivity index is 1.89. The Labute approximate surface area is 219 Å². The van der Waals surface area contributed by atoms with E-state index >= 15 is 0 Å². The number of halogens is 9. The molecule has 1 amide bonds. The lowest BCUT2D eigenvalue weighted by molar-refractivity contribution is -0.143. The minimum atomic E-state index is -5.08. The smallest absolute Gasteiger partial charge is 0.376 e. The second kappa shape index (κ2) is 12.2. The third-order valence-electron chi connectivity index (χ3n) is 6.70. The van der Waals surface area contributed by atoms with Crippen LogP contribution in [0.1, 0.15) is 72.4 Å². The molecule has 0 saturated heterocycles. The predicted molar refractivity (Wildman–Crippen MR) is 124 cm³/mol. The van der Waals surface area contributed by atoms with Crippen molar-refractivity contribution < 1.29 is 49.0 Å². The third-order valence-corrected chi connectivity index (χ3v) is 6.70. The van der Waals surface area contributed by atoms with E-state index in [0.29, 0.717) is 30.2 Å². The standard InChI is InChI=1S/C27H28F9NO2/c1-17(38)37(13-19-9-23(26(31,32)33)12-24(10-19)27(34,35)36)14-21-11-22(25(28,29)30)8-7-20(21)16-39-15-18-5-3-2-4-6-18/h7-12,18H,2-6,13-16H2,1H3. The second-order valence-electron chi connectivity index (χ2n) is 9.79. The highest BCUT2D eigenvalue weighted by atomic mass is 19.4. The number of hydrogen-bond donors (Lipinski definition) is 0. The average Bonchev–Trinajstić information content (AvgIpc) is 2.83. The fourth-order valence-electron chi connectivity index (χ4n) is 4.59. The molecule has 12 heteroatoms. The first-order valence-corrected chi connectivity index (χ1v) is 12.3. The lowest BCUT2D eigenvalue weighted by atomic mass is 9.90. The summed E-state index contributed by atoms with van der Waals surface area (Å²) in [7, 11) is 0. The van der Waals surface area contributed by atoms with E-state index in [1.54, 1.807) is 0 Å². The van der Waals surface area contributed by atoms with E-state index in [-0.39, 0.29) is 18.2 Å². The fourth-order valence-corrected chi connectivity index (χ4v) is 4.59. The zero-order chi connectivity index (χ0) is 29.0. The van der Waals surface area contributed by atoms with Gasteiger partial charge in [-0.1, -0.05) is 25.3 Å². The van der Waals surface area contributed by atoms with Gasteiger partial charge in [-0.05, 0) is 65.8 Å². The van der Waals surface area contributed by atoms with Crippen LogP contribution in [0.3, 0.4) is 0 Å². The van der Waals surface area contributed by atoms with E-state index in [4.69, 9.17) is 4.74 Å². The van der Waals surface area contributed by atoms with Gasteiger partial charge in [0.05, 0.1) is 23.3 Å². The highest BCUT2D eigenvalue weighted by molar-refractivity contribution is 5.73. The molecule has 2 aromatic carbocycles. The van der Waals surface area contributed by atoms with Gasteiger partial charge in [0, 0.05) is 26.6 Å². The Bertz CT molecular complexity index is 1100. The van der Waals surface area contributed by atoms with Crippen LogP contribution in [0, 0.1) is 5.92 Å². The van der Waals surface area contributed by atoms with Crippen molar-refractivity contribution >= 4 is 5.91 Å². The van der Waals surface area contributed by atoms with Crippen molar-refractivity contribution in [2.24, 2.45) is 5.92 Å². The first-order valence-electron chi connectivity index (χ1n) is 12.3. The molecule has 1 fully saturated rings. The van der Waals surface area contributed by atoms with Crippen molar-refractivity contribution in [3.05, 3.63) is 69.8 Å². The van der Waals surface area contributed by atoms with Crippen LogP contribution in [-0.2, 0) is 47.8 Å². The van der Waals surface area contributed by atoms with Crippen molar-refractivity contribution in [1.29, 1.82) is 0 Å². The van der Waals surface area contributed by atoms with Gasteiger partial charge in [-0.25, -0.2) is 0 Å². The van der Waals surface area contributed by atoms with E-state index in [1.165, 1.54) is 6.07 Å². The molecule has 0 aliphatic heterocycles. The highest BCUT2D eigenvalue weighted by Gasteiger charge is 2.37. The first kappa shape index (κ1) is 30.8.